The second-order valence-electron chi connectivity index (χ2n) is 7.01. The first-order chi connectivity index (χ1) is 14.2. The maximum absolute atomic E-state index is 13.2. The summed E-state index contributed by atoms with van der Waals surface area (Å²) in [5.41, 5.74) is 2.09. The highest BCUT2D eigenvalue weighted by Crippen LogP contribution is 2.39. The molecule has 2 aromatic rings. The van der Waals surface area contributed by atoms with Crippen LogP contribution in [0, 0.1) is 5.82 Å². The molecule has 0 unspecified atom stereocenters. The first kappa shape index (κ1) is 22.3. The van der Waals surface area contributed by atoms with Crippen molar-refractivity contribution in [3.05, 3.63) is 69.1 Å². The van der Waals surface area contributed by atoms with Crippen LogP contribution < -0.4 is 20.7 Å². The largest absolute Gasteiger partial charge is 0.488 e. The van der Waals surface area contributed by atoms with Crippen molar-refractivity contribution in [2.75, 3.05) is 5.32 Å². The number of halogens is 3. The number of thiocarbonyl (C=S) groups is 1. The molecule has 158 valence electrons. The zero-order chi connectivity index (χ0) is 22.0. The minimum atomic E-state index is -0.595. The normalized spacial score (nSPS) is 16.2. The second-order valence-corrected chi connectivity index (χ2v) is 8.23. The summed E-state index contributed by atoms with van der Waals surface area (Å²) in [6, 6.07) is 8.30. The average molecular weight is 468 g/mol. The molecule has 9 heteroatoms. The van der Waals surface area contributed by atoms with E-state index in [9.17, 15) is 9.18 Å². The summed E-state index contributed by atoms with van der Waals surface area (Å²) >= 11 is 18.1. The summed E-state index contributed by atoms with van der Waals surface area (Å²) in [6.07, 6.45) is -0.102. The molecule has 5 nitrogen and oxygen atoms in total. The van der Waals surface area contributed by atoms with E-state index in [1.165, 1.54) is 24.3 Å². The van der Waals surface area contributed by atoms with Crippen molar-refractivity contribution in [1.29, 1.82) is 0 Å². The van der Waals surface area contributed by atoms with Gasteiger partial charge in [-0.3, -0.25) is 4.79 Å². The van der Waals surface area contributed by atoms with Gasteiger partial charge in [0, 0.05) is 11.4 Å². The zero-order valence-corrected chi connectivity index (χ0v) is 18.8. The van der Waals surface area contributed by atoms with Gasteiger partial charge in [-0.25, -0.2) is 4.39 Å². The average Bonchev–Trinajstić information content (AvgIpc) is 2.65. The van der Waals surface area contributed by atoms with E-state index in [1.54, 1.807) is 19.1 Å². The molecule has 0 bridgehead atoms. The Balaban J connectivity index is 1.97. The van der Waals surface area contributed by atoms with Crippen molar-refractivity contribution in [3.63, 3.8) is 0 Å². The van der Waals surface area contributed by atoms with Crippen LogP contribution in [0.15, 0.2) is 47.7 Å². The van der Waals surface area contributed by atoms with Gasteiger partial charge in [0.25, 0.3) is 5.91 Å². The number of allylic oxidation sites excluding steroid dienone is 1. The lowest BCUT2D eigenvalue weighted by Crippen LogP contribution is -2.45. The highest BCUT2D eigenvalue weighted by Gasteiger charge is 2.31. The van der Waals surface area contributed by atoms with Crippen molar-refractivity contribution >= 4 is 52.1 Å². The van der Waals surface area contributed by atoms with Gasteiger partial charge in [0.1, 0.15) is 5.82 Å². The molecule has 0 saturated heterocycles. The molecule has 0 spiro atoms. The van der Waals surface area contributed by atoms with Crippen LogP contribution in [0.3, 0.4) is 0 Å². The highest BCUT2D eigenvalue weighted by atomic mass is 35.5. The van der Waals surface area contributed by atoms with E-state index >= 15 is 0 Å². The highest BCUT2D eigenvalue weighted by molar-refractivity contribution is 7.80. The predicted molar refractivity (Wildman–Crippen MR) is 122 cm³/mol. The van der Waals surface area contributed by atoms with Gasteiger partial charge in [-0.2, -0.15) is 0 Å². The molecule has 0 saturated carbocycles. The molecule has 30 heavy (non-hydrogen) atoms. The fourth-order valence-electron chi connectivity index (χ4n) is 3.07. The number of carbonyl (C=O) groups is 1. The van der Waals surface area contributed by atoms with Crippen molar-refractivity contribution in [3.8, 4) is 5.75 Å². The molecule has 1 amide bonds. The summed E-state index contributed by atoms with van der Waals surface area (Å²) < 4.78 is 18.8. The molecule has 3 N–H and O–H groups in total. The van der Waals surface area contributed by atoms with Gasteiger partial charge in [-0.15, -0.1) is 0 Å². The van der Waals surface area contributed by atoms with Crippen molar-refractivity contribution in [2.24, 2.45) is 0 Å². The van der Waals surface area contributed by atoms with Crippen molar-refractivity contribution < 1.29 is 13.9 Å². The molecule has 3 rings (SSSR count). The minimum absolute atomic E-state index is 0.102. The molecule has 0 fully saturated rings. The third-order valence-corrected chi connectivity index (χ3v) is 5.10. The van der Waals surface area contributed by atoms with E-state index in [0.717, 1.165) is 0 Å². The lowest BCUT2D eigenvalue weighted by molar-refractivity contribution is -0.113. The lowest BCUT2D eigenvalue weighted by atomic mass is 9.94. The van der Waals surface area contributed by atoms with Gasteiger partial charge in [0.2, 0.25) is 0 Å². The van der Waals surface area contributed by atoms with Gasteiger partial charge in [-0.1, -0.05) is 23.2 Å². The Kier molecular flexibility index (Phi) is 6.85. The number of rotatable bonds is 5. The maximum Gasteiger partial charge on any atom is 0.255 e. The minimum Gasteiger partial charge on any atom is -0.488 e. The molecule has 0 radical (unpaired) electrons. The van der Waals surface area contributed by atoms with E-state index in [0.29, 0.717) is 43.4 Å². The molecular formula is C21H20Cl2FN3O2S. The summed E-state index contributed by atoms with van der Waals surface area (Å²) in [6.45, 7) is 5.49. The molecule has 1 aliphatic heterocycles. The number of hydrogen-bond donors (Lipinski definition) is 3. The second kappa shape index (κ2) is 9.20. The number of ether oxygens (including phenoxy) is 1. The van der Waals surface area contributed by atoms with Gasteiger partial charge in [0.05, 0.1) is 27.8 Å². The van der Waals surface area contributed by atoms with Crippen LogP contribution in [0.4, 0.5) is 10.1 Å². The van der Waals surface area contributed by atoms with E-state index < -0.39 is 6.04 Å². The third kappa shape index (κ3) is 5.03. The van der Waals surface area contributed by atoms with Crippen LogP contribution in [-0.4, -0.2) is 17.1 Å². The number of amides is 1. The van der Waals surface area contributed by atoms with E-state index in [-0.39, 0.29) is 17.8 Å². The molecule has 1 heterocycles. The monoisotopic (exact) mass is 467 g/mol. The Morgan fingerprint density at radius 2 is 1.80 bits per heavy atom. The lowest BCUT2D eigenvalue weighted by Gasteiger charge is -2.31. The molecule has 2 aromatic carbocycles. The van der Waals surface area contributed by atoms with Crippen LogP contribution in [0.2, 0.25) is 10.0 Å². The molecule has 1 aliphatic rings. The molecular weight excluding hydrogens is 448 g/mol. The number of benzene rings is 2. The van der Waals surface area contributed by atoms with E-state index in [1.807, 2.05) is 13.8 Å². The van der Waals surface area contributed by atoms with Crippen LogP contribution in [0.1, 0.15) is 32.4 Å². The first-order valence-corrected chi connectivity index (χ1v) is 10.3. The van der Waals surface area contributed by atoms with Crippen LogP contribution >= 0.6 is 35.4 Å². The Labute approximate surface area is 189 Å². The summed E-state index contributed by atoms with van der Waals surface area (Å²) in [4.78, 5) is 13.1. The summed E-state index contributed by atoms with van der Waals surface area (Å²) in [5.74, 6) is -0.381. The predicted octanol–water partition coefficient (Wildman–Crippen LogP) is 5.35. The molecule has 1 atom stereocenters. The van der Waals surface area contributed by atoms with Crippen molar-refractivity contribution in [1.82, 2.24) is 10.6 Å². The topological polar surface area (TPSA) is 62.4 Å². The van der Waals surface area contributed by atoms with Gasteiger partial charge in [0.15, 0.2) is 10.9 Å². The first-order valence-electron chi connectivity index (χ1n) is 9.16. The zero-order valence-electron chi connectivity index (χ0n) is 16.5. The standard InChI is InChI=1S/C21H20Cl2FN3O2S/c1-10(2)29-19-15(22)8-12(9-16(19)23)18-17(11(3)25-21(30)27-18)20(28)26-14-6-4-13(24)5-7-14/h4-10,18H,1-3H3,(H,26,28)(H2,25,27,30)/t18-/m0/s1. The smallest absolute Gasteiger partial charge is 0.255 e. The summed E-state index contributed by atoms with van der Waals surface area (Å²) in [7, 11) is 0. The fraction of sp³-hybridized carbons (Fsp3) is 0.238. The van der Waals surface area contributed by atoms with Crippen LogP contribution in [0.5, 0.6) is 5.75 Å². The summed E-state index contributed by atoms with van der Waals surface area (Å²) in [5, 5.41) is 9.84. The Bertz CT molecular complexity index is 1000. The number of carbonyl (C=O) groups excluding carboxylic acids is 1. The Morgan fingerprint density at radius 3 is 2.37 bits per heavy atom. The fourth-order valence-corrected chi connectivity index (χ4v) is 3.93. The Morgan fingerprint density at radius 1 is 1.20 bits per heavy atom. The van der Waals surface area contributed by atoms with E-state index in [2.05, 4.69) is 16.0 Å². The molecule has 0 aromatic heterocycles. The van der Waals surface area contributed by atoms with Gasteiger partial charge >= 0.3 is 0 Å². The van der Waals surface area contributed by atoms with Gasteiger partial charge in [-0.05, 0) is 75.0 Å². The van der Waals surface area contributed by atoms with Crippen LogP contribution in [-0.2, 0) is 4.79 Å². The quantitative estimate of drug-likeness (QED) is 0.517. The SMILES string of the molecule is CC1=C(C(=O)Nc2ccc(F)cc2)[C@H](c2cc(Cl)c(OC(C)C)c(Cl)c2)NC(=S)N1. The maximum atomic E-state index is 13.2. The number of nitrogens with one attached hydrogen (secondary N) is 3. The van der Waals surface area contributed by atoms with Crippen LogP contribution in [0.25, 0.3) is 0 Å². The Hall–Kier alpha value is -2.35. The number of hydrogen-bond acceptors (Lipinski definition) is 3. The molecule has 0 aliphatic carbocycles. The van der Waals surface area contributed by atoms with E-state index in [4.69, 9.17) is 40.2 Å². The third-order valence-electron chi connectivity index (χ3n) is 4.32. The van der Waals surface area contributed by atoms with Crippen molar-refractivity contribution in [2.45, 2.75) is 32.9 Å². The van der Waals surface area contributed by atoms with Gasteiger partial charge < -0.3 is 20.7 Å². The number of anilines is 1.